The van der Waals surface area contributed by atoms with Crippen molar-refractivity contribution in [3.8, 4) is 0 Å². The Bertz CT molecular complexity index is 862. The van der Waals surface area contributed by atoms with Crippen molar-refractivity contribution in [3.63, 3.8) is 0 Å². The van der Waals surface area contributed by atoms with Crippen LogP contribution in [0.1, 0.15) is 24.0 Å². The van der Waals surface area contributed by atoms with Crippen LogP contribution in [0.3, 0.4) is 0 Å². The maximum absolute atomic E-state index is 14.4. The first kappa shape index (κ1) is 17.0. The lowest BCUT2D eigenvalue weighted by Crippen LogP contribution is -2.13. The molecule has 3 aromatic rings. The van der Waals surface area contributed by atoms with Crippen molar-refractivity contribution < 1.29 is 13.9 Å². The van der Waals surface area contributed by atoms with Gasteiger partial charge in [0, 0.05) is 30.5 Å². The Morgan fingerprint density at radius 3 is 2.76 bits per heavy atom. The first-order valence-corrected chi connectivity index (χ1v) is 8.22. The highest BCUT2D eigenvalue weighted by Crippen LogP contribution is 2.23. The van der Waals surface area contributed by atoms with Gasteiger partial charge in [0.1, 0.15) is 5.82 Å². The molecule has 25 heavy (non-hydrogen) atoms. The highest BCUT2D eigenvalue weighted by Gasteiger charge is 2.09. The van der Waals surface area contributed by atoms with Gasteiger partial charge in [-0.05, 0) is 60.7 Å². The summed E-state index contributed by atoms with van der Waals surface area (Å²) in [6, 6.07) is 9.37. The molecule has 0 spiro atoms. The van der Waals surface area contributed by atoms with Crippen LogP contribution in [0, 0.1) is 5.82 Å². The number of carbonyl (C=O) groups is 1. The number of primary amides is 1. The number of carbonyl (C=O) groups excluding carboxylic acids is 1. The number of benzene rings is 1. The highest BCUT2D eigenvalue weighted by atomic mass is 19.1. The Morgan fingerprint density at radius 1 is 1.20 bits per heavy atom. The molecule has 0 radical (unpaired) electrons. The molecule has 0 atom stereocenters. The molecule has 0 saturated heterocycles. The molecule has 2 N–H and O–H groups in total. The van der Waals surface area contributed by atoms with Crippen molar-refractivity contribution in [2.24, 2.45) is 5.73 Å². The van der Waals surface area contributed by atoms with E-state index in [0.717, 1.165) is 22.9 Å². The Labute approximate surface area is 145 Å². The predicted octanol–water partition coefficient (Wildman–Crippen LogP) is 3.64. The average molecular weight is 341 g/mol. The maximum Gasteiger partial charge on any atom is 0.404 e. The fourth-order valence-corrected chi connectivity index (χ4v) is 2.86. The Kier molecular flexibility index (Phi) is 5.28. The number of hydrogen-bond donors (Lipinski definition) is 1. The summed E-state index contributed by atoms with van der Waals surface area (Å²) < 4.78 is 21.1. The number of hydrogen-bond acceptors (Lipinski definition) is 3. The molecule has 130 valence electrons. The van der Waals surface area contributed by atoms with E-state index in [0.29, 0.717) is 24.9 Å². The number of fused-ring (bicyclic) bond motifs is 1. The van der Waals surface area contributed by atoms with E-state index >= 15 is 0 Å². The lowest BCUT2D eigenvalue weighted by Gasteiger charge is -2.08. The molecule has 3 rings (SSSR count). The molecule has 0 fully saturated rings. The fourth-order valence-electron chi connectivity index (χ4n) is 2.86. The molecule has 1 aromatic carbocycles. The van der Waals surface area contributed by atoms with E-state index < -0.39 is 6.09 Å². The van der Waals surface area contributed by atoms with E-state index in [1.165, 1.54) is 0 Å². The molecule has 0 unspecified atom stereocenters. The minimum absolute atomic E-state index is 0.210. The summed E-state index contributed by atoms with van der Waals surface area (Å²) in [5, 5.41) is 1.01. The van der Waals surface area contributed by atoms with Crippen LogP contribution < -0.4 is 5.73 Å². The number of amides is 1. The SMILES string of the molecule is NC(=O)OCCCCc1cc2ccn(Cc3ccncc3)c2cc1F. The van der Waals surface area contributed by atoms with Gasteiger partial charge < -0.3 is 15.0 Å². The van der Waals surface area contributed by atoms with Gasteiger partial charge in [0.25, 0.3) is 0 Å². The van der Waals surface area contributed by atoms with Crippen LogP contribution in [0.15, 0.2) is 48.9 Å². The van der Waals surface area contributed by atoms with Crippen LogP contribution in [-0.2, 0) is 17.7 Å². The quantitative estimate of drug-likeness (QED) is 0.667. The number of halogens is 1. The molecule has 1 amide bonds. The standard InChI is InChI=1S/C19H20FN3O2/c20-17-12-18-16(11-15(17)3-1-2-10-25-19(21)24)6-9-23(18)13-14-4-7-22-8-5-14/h4-9,11-12H,1-3,10,13H2,(H2,21,24). The van der Waals surface area contributed by atoms with E-state index in [4.69, 9.17) is 5.73 Å². The molecule has 6 heteroatoms. The van der Waals surface area contributed by atoms with Crippen molar-refractivity contribution in [2.75, 3.05) is 6.61 Å². The summed E-state index contributed by atoms with van der Waals surface area (Å²) in [7, 11) is 0. The second-order valence-electron chi connectivity index (χ2n) is 5.93. The molecule has 0 aliphatic carbocycles. The van der Waals surface area contributed by atoms with Crippen molar-refractivity contribution in [1.82, 2.24) is 9.55 Å². The van der Waals surface area contributed by atoms with Gasteiger partial charge >= 0.3 is 6.09 Å². The summed E-state index contributed by atoms with van der Waals surface area (Å²) >= 11 is 0. The molecule has 5 nitrogen and oxygen atoms in total. The topological polar surface area (TPSA) is 70.1 Å². The van der Waals surface area contributed by atoms with Crippen molar-refractivity contribution in [3.05, 3.63) is 65.9 Å². The number of rotatable bonds is 7. The van der Waals surface area contributed by atoms with Crippen LogP contribution in [0.2, 0.25) is 0 Å². The zero-order valence-corrected chi connectivity index (χ0v) is 13.8. The lowest BCUT2D eigenvalue weighted by atomic mass is 10.1. The Balaban J connectivity index is 1.69. The lowest BCUT2D eigenvalue weighted by molar-refractivity contribution is 0.154. The number of aryl methyl sites for hydroxylation is 1. The van der Waals surface area contributed by atoms with Gasteiger partial charge in [0.2, 0.25) is 0 Å². The molecule has 0 aliphatic rings. The van der Waals surface area contributed by atoms with Crippen molar-refractivity contribution >= 4 is 17.0 Å². The van der Waals surface area contributed by atoms with Gasteiger partial charge in [-0.15, -0.1) is 0 Å². The smallest absolute Gasteiger partial charge is 0.404 e. The Morgan fingerprint density at radius 2 is 2.00 bits per heavy atom. The van der Waals surface area contributed by atoms with E-state index in [2.05, 4.69) is 9.72 Å². The van der Waals surface area contributed by atoms with Crippen LogP contribution in [0.4, 0.5) is 9.18 Å². The maximum atomic E-state index is 14.4. The number of unbranched alkanes of at least 4 members (excludes halogenated alkanes) is 1. The predicted molar refractivity (Wildman–Crippen MR) is 93.7 cm³/mol. The van der Waals surface area contributed by atoms with Gasteiger partial charge in [-0.25, -0.2) is 9.18 Å². The minimum atomic E-state index is -0.775. The van der Waals surface area contributed by atoms with Gasteiger partial charge in [0.05, 0.1) is 12.1 Å². The summed E-state index contributed by atoms with van der Waals surface area (Å²) in [6.45, 7) is 0.941. The van der Waals surface area contributed by atoms with Crippen LogP contribution in [0.5, 0.6) is 0 Å². The van der Waals surface area contributed by atoms with Crippen molar-refractivity contribution in [1.29, 1.82) is 0 Å². The minimum Gasteiger partial charge on any atom is -0.450 e. The molecule has 0 bridgehead atoms. The van der Waals surface area contributed by atoms with Crippen LogP contribution >= 0.6 is 0 Å². The third kappa shape index (κ3) is 4.35. The molecule has 2 aromatic heterocycles. The highest BCUT2D eigenvalue weighted by molar-refractivity contribution is 5.81. The average Bonchev–Trinajstić information content (AvgIpc) is 2.97. The summed E-state index contributed by atoms with van der Waals surface area (Å²) in [5.74, 6) is -0.210. The second kappa shape index (κ2) is 7.79. The number of aromatic nitrogens is 2. The summed E-state index contributed by atoms with van der Waals surface area (Å²) in [5.41, 5.74) is 7.56. The summed E-state index contributed by atoms with van der Waals surface area (Å²) in [4.78, 5) is 14.5. The van der Waals surface area contributed by atoms with E-state index in [-0.39, 0.29) is 12.4 Å². The molecule has 0 saturated carbocycles. The second-order valence-corrected chi connectivity index (χ2v) is 5.93. The van der Waals surface area contributed by atoms with Gasteiger partial charge in [-0.2, -0.15) is 0 Å². The summed E-state index contributed by atoms with van der Waals surface area (Å²) in [6.07, 6.45) is 6.68. The third-order valence-electron chi connectivity index (χ3n) is 4.13. The first-order chi connectivity index (χ1) is 12.1. The zero-order chi connectivity index (χ0) is 17.6. The Hall–Kier alpha value is -2.89. The van der Waals surface area contributed by atoms with Crippen LogP contribution in [0.25, 0.3) is 10.9 Å². The molecule has 0 aliphatic heterocycles. The largest absolute Gasteiger partial charge is 0.450 e. The number of nitrogens with two attached hydrogens (primary N) is 1. The number of nitrogens with zero attached hydrogens (tertiary/aromatic N) is 2. The first-order valence-electron chi connectivity index (χ1n) is 8.22. The van der Waals surface area contributed by atoms with Gasteiger partial charge in [-0.1, -0.05) is 0 Å². The van der Waals surface area contributed by atoms with E-state index in [1.54, 1.807) is 18.5 Å². The van der Waals surface area contributed by atoms with Gasteiger partial charge in [-0.3, -0.25) is 4.98 Å². The van der Waals surface area contributed by atoms with E-state index in [1.807, 2.05) is 35.0 Å². The number of ether oxygens (including phenoxy) is 1. The van der Waals surface area contributed by atoms with Crippen molar-refractivity contribution in [2.45, 2.75) is 25.8 Å². The molecule has 2 heterocycles. The molecular weight excluding hydrogens is 321 g/mol. The normalized spacial score (nSPS) is 10.9. The third-order valence-corrected chi connectivity index (χ3v) is 4.13. The zero-order valence-electron chi connectivity index (χ0n) is 13.8. The van der Waals surface area contributed by atoms with Gasteiger partial charge in [0.15, 0.2) is 0 Å². The van der Waals surface area contributed by atoms with Crippen LogP contribution in [-0.4, -0.2) is 22.3 Å². The monoisotopic (exact) mass is 341 g/mol. The van der Waals surface area contributed by atoms with E-state index in [9.17, 15) is 9.18 Å². The number of pyridine rings is 1. The molecular formula is C19H20FN3O2. The fraction of sp³-hybridized carbons (Fsp3) is 0.263.